The van der Waals surface area contributed by atoms with Crippen molar-refractivity contribution in [3.8, 4) is 11.1 Å². The predicted octanol–water partition coefficient (Wildman–Crippen LogP) is 4.22. The monoisotopic (exact) mass is 495 g/mol. The van der Waals surface area contributed by atoms with Crippen molar-refractivity contribution in [3.05, 3.63) is 71.7 Å². The van der Waals surface area contributed by atoms with Gasteiger partial charge in [-0.1, -0.05) is 12.1 Å². The summed E-state index contributed by atoms with van der Waals surface area (Å²) in [5.41, 5.74) is 8.80. The van der Waals surface area contributed by atoms with Gasteiger partial charge in [0.25, 0.3) is 5.92 Å². The molecule has 3 aromatic rings. The molecular formula is C27H35F2N7. The van der Waals surface area contributed by atoms with Crippen LogP contribution in [0.3, 0.4) is 0 Å². The van der Waals surface area contributed by atoms with Gasteiger partial charge < -0.3 is 15.6 Å². The molecular weight excluding hydrogens is 460 g/mol. The van der Waals surface area contributed by atoms with E-state index >= 15 is 0 Å². The number of rotatable bonds is 10. The number of anilines is 2. The number of likely N-dealkylation sites (N-methyl/N-ethyl adjacent to an activating group) is 1. The average molecular weight is 496 g/mol. The predicted molar refractivity (Wildman–Crippen MR) is 141 cm³/mol. The number of benzene rings is 1. The van der Waals surface area contributed by atoms with Gasteiger partial charge in [-0.3, -0.25) is 15.7 Å². The Morgan fingerprint density at radius 1 is 1.00 bits per heavy atom. The first-order valence-electron chi connectivity index (χ1n) is 12.3. The highest BCUT2D eigenvalue weighted by Gasteiger charge is 2.33. The van der Waals surface area contributed by atoms with Crippen LogP contribution in [-0.2, 0) is 13.0 Å². The van der Waals surface area contributed by atoms with E-state index in [1.807, 2.05) is 50.9 Å². The van der Waals surface area contributed by atoms with Crippen LogP contribution in [0.1, 0.15) is 29.5 Å². The molecule has 36 heavy (non-hydrogen) atoms. The van der Waals surface area contributed by atoms with Gasteiger partial charge in [0.05, 0.1) is 5.69 Å². The van der Waals surface area contributed by atoms with E-state index in [4.69, 9.17) is 5.84 Å². The number of hydrogen-bond donors (Lipinski definition) is 3. The Morgan fingerprint density at radius 3 is 2.50 bits per heavy atom. The van der Waals surface area contributed by atoms with Crippen molar-refractivity contribution in [3.63, 3.8) is 0 Å². The summed E-state index contributed by atoms with van der Waals surface area (Å²) in [6.07, 6.45) is 6.03. The van der Waals surface area contributed by atoms with Gasteiger partial charge in [-0.2, -0.15) is 0 Å². The number of hydrogen-bond acceptors (Lipinski definition) is 7. The highest BCUT2D eigenvalue weighted by atomic mass is 19.3. The maximum atomic E-state index is 13.5. The Bertz CT molecular complexity index is 1130. The quantitative estimate of drug-likeness (QED) is 0.287. The van der Waals surface area contributed by atoms with Crippen molar-refractivity contribution in [1.82, 2.24) is 19.8 Å². The van der Waals surface area contributed by atoms with Crippen LogP contribution in [0.4, 0.5) is 20.3 Å². The summed E-state index contributed by atoms with van der Waals surface area (Å²) in [6, 6.07) is 12.2. The molecule has 192 valence electrons. The van der Waals surface area contributed by atoms with Crippen molar-refractivity contribution >= 4 is 11.5 Å². The number of hydrazine groups is 1. The zero-order valence-electron chi connectivity index (χ0n) is 21.0. The smallest absolute Gasteiger partial charge is 0.250 e. The van der Waals surface area contributed by atoms with Gasteiger partial charge in [-0.05, 0) is 60.6 Å². The molecule has 1 aliphatic heterocycles. The van der Waals surface area contributed by atoms with Gasteiger partial charge in [0, 0.05) is 76.1 Å². The lowest BCUT2D eigenvalue weighted by Crippen LogP contribution is -2.38. The van der Waals surface area contributed by atoms with Crippen molar-refractivity contribution < 1.29 is 8.78 Å². The van der Waals surface area contributed by atoms with E-state index < -0.39 is 5.92 Å². The standard InChI is InChI=1S/C27H35F2N7/c1-35(2)12-9-32-26-6-3-20(17-33-26)13-23-15-22(4-5-25(23)34-30)24-14-21(16-31-18-24)19-36-10-7-27(28,29)8-11-36/h3-6,14-18,34H,7-13,19,30H2,1-2H3,(H,32,33). The first kappa shape index (κ1) is 25.9. The first-order chi connectivity index (χ1) is 17.3. The number of likely N-dealkylation sites (tertiary alicyclic amines) is 1. The molecule has 1 fully saturated rings. The fourth-order valence-corrected chi connectivity index (χ4v) is 4.35. The SMILES string of the molecule is CN(C)CCNc1ccc(Cc2cc(-c3cncc(CN4CCC(F)(F)CC4)c3)ccc2NN)cn1. The third-order valence-electron chi connectivity index (χ3n) is 6.47. The topological polar surface area (TPSA) is 82.3 Å². The zero-order chi connectivity index (χ0) is 25.5. The summed E-state index contributed by atoms with van der Waals surface area (Å²) in [4.78, 5) is 13.1. The summed E-state index contributed by atoms with van der Waals surface area (Å²) in [5, 5.41) is 3.33. The van der Waals surface area contributed by atoms with Crippen LogP contribution in [0.5, 0.6) is 0 Å². The second-order valence-corrected chi connectivity index (χ2v) is 9.69. The summed E-state index contributed by atoms with van der Waals surface area (Å²) < 4.78 is 27.0. The number of alkyl halides is 2. The molecule has 1 aromatic carbocycles. The summed E-state index contributed by atoms with van der Waals surface area (Å²) in [5.74, 6) is 4.11. The summed E-state index contributed by atoms with van der Waals surface area (Å²) in [7, 11) is 4.08. The molecule has 0 unspecified atom stereocenters. The Hall–Kier alpha value is -3.14. The van der Waals surface area contributed by atoms with E-state index in [-0.39, 0.29) is 12.8 Å². The lowest BCUT2D eigenvalue weighted by Gasteiger charge is -2.31. The molecule has 0 atom stereocenters. The summed E-state index contributed by atoms with van der Waals surface area (Å²) >= 11 is 0. The van der Waals surface area contributed by atoms with E-state index in [0.717, 1.165) is 52.4 Å². The molecule has 0 spiro atoms. The van der Waals surface area contributed by atoms with E-state index in [1.165, 1.54) is 0 Å². The van der Waals surface area contributed by atoms with Crippen LogP contribution < -0.4 is 16.6 Å². The minimum absolute atomic E-state index is 0.0843. The molecule has 0 aliphatic carbocycles. The van der Waals surface area contributed by atoms with Gasteiger partial charge in [0.2, 0.25) is 0 Å². The number of nitrogens with zero attached hydrogens (tertiary/aromatic N) is 4. The van der Waals surface area contributed by atoms with Gasteiger partial charge in [0.1, 0.15) is 5.82 Å². The van der Waals surface area contributed by atoms with E-state index in [1.54, 1.807) is 0 Å². The molecule has 3 heterocycles. The highest BCUT2D eigenvalue weighted by molar-refractivity contribution is 5.68. The Kier molecular flexibility index (Phi) is 8.45. The molecule has 1 saturated heterocycles. The van der Waals surface area contributed by atoms with Gasteiger partial charge >= 0.3 is 0 Å². The van der Waals surface area contributed by atoms with E-state index in [0.29, 0.717) is 26.1 Å². The maximum Gasteiger partial charge on any atom is 0.250 e. The number of pyridine rings is 2. The molecule has 1 aliphatic rings. The normalized spacial score (nSPS) is 15.7. The third-order valence-corrected chi connectivity index (χ3v) is 6.47. The second-order valence-electron chi connectivity index (χ2n) is 9.69. The number of piperidine rings is 1. The van der Waals surface area contributed by atoms with Crippen LogP contribution in [0.2, 0.25) is 0 Å². The van der Waals surface area contributed by atoms with Gasteiger partial charge in [0.15, 0.2) is 0 Å². The minimum Gasteiger partial charge on any atom is -0.369 e. The van der Waals surface area contributed by atoms with Crippen molar-refractivity contribution in [1.29, 1.82) is 0 Å². The van der Waals surface area contributed by atoms with Crippen molar-refractivity contribution in [2.24, 2.45) is 5.84 Å². The van der Waals surface area contributed by atoms with Gasteiger partial charge in [-0.15, -0.1) is 0 Å². The number of nitrogens with one attached hydrogen (secondary N) is 2. The van der Waals surface area contributed by atoms with E-state index in [2.05, 4.69) is 48.7 Å². The van der Waals surface area contributed by atoms with Crippen LogP contribution in [0.15, 0.2) is 55.0 Å². The molecule has 7 nitrogen and oxygen atoms in total. The molecule has 4 rings (SSSR count). The molecule has 0 saturated carbocycles. The lowest BCUT2D eigenvalue weighted by atomic mass is 9.98. The Balaban J connectivity index is 1.45. The highest BCUT2D eigenvalue weighted by Crippen LogP contribution is 2.30. The molecule has 0 amide bonds. The lowest BCUT2D eigenvalue weighted by molar-refractivity contribution is -0.0566. The zero-order valence-corrected chi connectivity index (χ0v) is 21.0. The fraction of sp³-hybridized carbons (Fsp3) is 0.407. The molecule has 2 aromatic heterocycles. The molecule has 9 heteroatoms. The number of halogens is 2. The Labute approximate surface area is 211 Å². The van der Waals surface area contributed by atoms with E-state index in [9.17, 15) is 8.78 Å². The van der Waals surface area contributed by atoms with Crippen molar-refractivity contribution in [2.45, 2.75) is 31.7 Å². The number of nitrogens with two attached hydrogens (primary N) is 1. The average Bonchev–Trinajstić information content (AvgIpc) is 2.86. The number of nitrogen functional groups attached to an aromatic ring is 1. The maximum absolute atomic E-state index is 13.5. The molecule has 0 radical (unpaired) electrons. The third kappa shape index (κ3) is 7.19. The minimum atomic E-state index is -2.54. The van der Waals surface area contributed by atoms with Gasteiger partial charge in [-0.25, -0.2) is 13.8 Å². The van der Waals surface area contributed by atoms with Crippen molar-refractivity contribution in [2.75, 3.05) is 51.0 Å². The largest absolute Gasteiger partial charge is 0.369 e. The fourth-order valence-electron chi connectivity index (χ4n) is 4.35. The van der Waals surface area contributed by atoms with Crippen LogP contribution in [-0.4, -0.2) is 66.0 Å². The molecule has 4 N–H and O–H groups in total. The van der Waals surface area contributed by atoms with Crippen LogP contribution in [0.25, 0.3) is 11.1 Å². The van der Waals surface area contributed by atoms with Crippen LogP contribution >= 0.6 is 0 Å². The first-order valence-corrected chi connectivity index (χ1v) is 12.3. The molecule has 0 bridgehead atoms. The number of aromatic nitrogens is 2. The second kappa shape index (κ2) is 11.7. The van der Waals surface area contributed by atoms with Crippen LogP contribution in [0, 0.1) is 0 Å². The summed E-state index contributed by atoms with van der Waals surface area (Å²) in [6.45, 7) is 3.19. The Morgan fingerprint density at radius 2 is 1.81 bits per heavy atom.